The summed E-state index contributed by atoms with van der Waals surface area (Å²) in [5, 5.41) is 0.804. The van der Waals surface area contributed by atoms with Crippen molar-refractivity contribution in [2.75, 3.05) is 25.2 Å². The van der Waals surface area contributed by atoms with Crippen LogP contribution in [0, 0.1) is 6.92 Å². The predicted molar refractivity (Wildman–Crippen MR) is 127 cm³/mol. The molecule has 30 heavy (non-hydrogen) atoms. The molecular weight excluding hydrogens is 414 g/mol. The first-order chi connectivity index (χ1) is 14.5. The number of benzene rings is 1. The van der Waals surface area contributed by atoms with Crippen molar-refractivity contribution >= 4 is 23.4 Å². The quantitative estimate of drug-likeness (QED) is 0.617. The van der Waals surface area contributed by atoms with Crippen LogP contribution in [-0.2, 0) is 18.2 Å². The van der Waals surface area contributed by atoms with Gasteiger partial charge in [0.1, 0.15) is 5.82 Å². The highest BCUT2D eigenvalue weighted by Crippen LogP contribution is 2.36. The zero-order valence-corrected chi connectivity index (χ0v) is 20.0. The van der Waals surface area contributed by atoms with Crippen molar-refractivity contribution in [3.63, 3.8) is 0 Å². The largest absolute Gasteiger partial charge is 0.374 e. The average molecular weight is 448 g/mol. The molecule has 2 atom stereocenters. The Labute approximate surface area is 190 Å². The molecule has 2 unspecified atom stereocenters. The minimum atomic E-state index is 0.345. The fraction of sp³-hybridized carbons (Fsp3) is 0.625. The molecule has 6 heteroatoms. The third-order valence-electron chi connectivity index (χ3n) is 6.86. The van der Waals surface area contributed by atoms with Gasteiger partial charge in [0.15, 0.2) is 0 Å². The maximum Gasteiger partial charge on any atom is 0.105 e. The van der Waals surface area contributed by atoms with Gasteiger partial charge >= 0.3 is 0 Å². The van der Waals surface area contributed by atoms with Crippen molar-refractivity contribution in [2.24, 2.45) is 7.05 Å². The molecule has 2 aromatic rings. The molecule has 1 saturated heterocycles. The zero-order valence-electron chi connectivity index (χ0n) is 18.4. The van der Waals surface area contributed by atoms with Crippen molar-refractivity contribution < 1.29 is 4.74 Å². The Hall–Kier alpha value is -1.01. The number of ether oxygens (including phenoxy) is 1. The molecule has 0 spiro atoms. The van der Waals surface area contributed by atoms with Gasteiger partial charge in [-0.15, -0.1) is 0 Å². The third-order valence-corrected chi connectivity index (χ3v) is 7.81. The highest BCUT2D eigenvalue weighted by atomic mass is 35.5. The number of imidazole rings is 1. The van der Waals surface area contributed by atoms with E-state index in [9.17, 15) is 0 Å². The second-order valence-corrected chi connectivity index (χ2v) is 10.3. The van der Waals surface area contributed by atoms with E-state index in [1.165, 1.54) is 36.9 Å². The molecule has 1 saturated carbocycles. The number of nitrogens with zero attached hydrogens (tertiary/aromatic N) is 3. The lowest BCUT2D eigenvalue weighted by molar-refractivity contribution is -0.0750. The lowest BCUT2D eigenvalue weighted by Crippen LogP contribution is -2.56. The van der Waals surface area contributed by atoms with Crippen molar-refractivity contribution in [3.05, 3.63) is 52.6 Å². The molecule has 164 valence electrons. The lowest BCUT2D eigenvalue weighted by Gasteiger charge is -2.46. The molecule has 2 heterocycles. The summed E-state index contributed by atoms with van der Waals surface area (Å²) in [6.07, 6.45) is 10.8. The molecule has 1 aliphatic heterocycles. The van der Waals surface area contributed by atoms with Crippen LogP contribution < -0.4 is 0 Å². The summed E-state index contributed by atoms with van der Waals surface area (Å²) in [6.45, 7) is 3.97. The molecule has 4 rings (SSSR count). The van der Waals surface area contributed by atoms with E-state index in [0.29, 0.717) is 24.1 Å². The smallest absolute Gasteiger partial charge is 0.105 e. The van der Waals surface area contributed by atoms with Gasteiger partial charge in [0.2, 0.25) is 0 Å². The number of halogens is 1. The van der Waals surface area contributed by atoms with Crippen molar-refractivity contribution in [1.29, 1.82) is 0 Å². The van der Waals surface area contributed by atoms with Crippen molar-refractivity contribution in [3.8, 4) is 0 Å². The summed E-state index contributed by atoms with van der Waals surface area (Å²) < 4.78 is 8.40. The van der Waals surface area contributed by atoms with Crippen LogP contribution in [0.15, 0.2) is 30.5 Å². The number of morpholine rings is 1. The van der Waals surface area contributed by atoms with E-state index in [1.54, 1.807) is 0 Å². The fourth-order valence-electron chi connectivity index (χ4n) is 5.07. The van der Waals surface area contributed by atoms with Crippen LogP contribution in [0.4, 0.5) is 0 Å². The summed E-state index contributed by atoms with van der Waals surface area (Å²) >= 11 is 7.98. The lowest BCUT2D eigenvalue weighted by atomic mass is 9.82. The number of hydrogen-bond donors (Lipinski definition) is 0. The Morgan fingerprint density at radius 1 is 1.17 bits per heavy atom. The number of rotatable bonds is 6. The minimum Gasteiger partial charge on any atom is -0.374 e. The SMILES string of the molecule is CSCC1CN(C2CCC(c3cn(C)c(C)n3)CC2)C(Cc2ccc(Cl)cc2)CO1. The van der Waals surface area contributed by atoms with E-state index in [-0.39, 0.29) is 0 Å². The van der Waals surface area contributed by atoms with Gasteiger partial charge in [-0.2, -0.15) is 11.8 Å². The molecule has 4 nitrogen and oxygen atoms in total. The fourth-order valence-corrected chi connectivity index (χ4v) is 5.77. The standard InChI is InChI=1S/C24H34ClN3OS/c1-17-26-24(14-27(17)2)19-6-10-21(11-7-19)28-13-23(16-30-3)29-15-22(28)12-18-4-8-20(25)9-5-18/h4-5,8-9,14,19,21-23H,6-7,10-13,15-16H2,1-3H3. The maximum atomic E-state index is 6.25. The Balaban J connectivity index is 1.43. The average Bonchev–Trinajstić information content (AvgIpc) is 3.09. The van der Waals surface area contributed by atoms with Gasteiger partial charge in [0.25, 0.3) is 0 Å². The van der Waals surface area contributed by atoms with Crippen LogP contribution in [0.2, 0.25) is 5.02 Å². The van der Waals surface area contributed by atoms with Crippen LogP contribution in [0.5, 0.6) is 0 Å². The van der Waals surface area contributed by atoms with Gasteiger partial charge in [-0.3, -0.25) is 4.90 Å². The summed E-state index contributed by atoms with van der Waals surface area (Å²) in [6, 6.07) is 9.42. The monoisotopic (exact) mass is 447 g/mol. The first kappa shape index (κ1) is 22.2. The summed E-state index contributed by atoms with van der Waals surface area (Å²) in [5.74, 6) is 2.80. The Kier molecular flexibility index (Phi) is 7.45. The van der Waals surface area contributed by atoms with Crippen LogP contribution in [0.1, 0.15) is 48.7 Å². The molecule has 2 aliphatic rings. The van der Waals surface area contributed by atoms with Gasteiger partial charge in [-0.1, -0.05) is 23.7 Å². The van der Waals surface area contributed by atoms with Gasteiger partial charge in [0, 0.05) is 48.6 Å². The van der Waals surface area contributed by atoms with E-state index in [0.717, 1.165) is 36.2 Å². The highest BCUT2D eigenvalue weighted by Gasteiger charge is 2.36. The van der Waals surface area contributed by atoms with Crippen molar-refractivity contribution in [2.45, 2.75) is 63.1 Å². The molecule has 0 bridgehead atoms. The molecule has 1 aromatic carbocycles. The summed E-state index contributed by atoms with van der Waals surface area (Å²) in [5.41, 5.74) is 2.63. The maximum absolute atomic E-state index is 6.25. The van der Waals surface area contributed by atoms with Crippen LogP contribution in [-0.4, -0.2) is 57.8 Å². The second kappa shape index (κ2) is 10.1. The molecule has 2 fully saturated rings. The first-order valence-electron chi connectivity index (χ1n) is 11.1. The Morgan fingerprint density at radius 2 is 1.90 bits per heavy atom. The van der Waals surface area contributed by atoms with Crippen LogP contribution in [0.25, 0.3) is 0 Å². The number of hydrogen-bond acceptors (Lipinski definition) is 4. The molecule has 1 aliphatic carbocycles. The normalized spacial score (nSPS) is 28.0. The van der Waals surface area contributed by atoms with Crippen LogP contribution in [0.3, 0.4) is 0 Å². The van der Waals surface area contributed by atoms with E-state index in [2.05, 4.69) is 48.0 Å². The predicted octanol–water partition coefficient (Wildman–Crippen LogP) is 5.08. The van der Waals surface area contributed by atoms with Gasteiger partial charge in [-0.25, -0.2) is 4.98 Å². The molecule has 0 amide bonds. The topological polar surface area (TPSA) is 30.3 Å². The molecule has 0 radical (unpaired) electrons. The van der Waals surface area contributed by atoms with Gasteiger partial charge in [-0.05, 0) is 63.0 Å². The van der Waals surface area contributed by atoms with Crippen molar-refractivity contribution in [1.82, 2.24) is 14.5 Å². The minimum absolute atomic E-state index is 0.345. The van der Waals surface area contributed by atoms with E-state index in [4.69, 9.17) is 21.3 Å². The first-order valence-corrected chi connectivity index (χ1v) is 12.9. The molecule has 1 aromatic heterocycles. The summed E-state index contributed by atoms with van der Waals surface area (Å²) in [4.78, 5) is 7.58. The van der Waals surface area contributed by atoms with Gasteiger partial charge < -0.3 is 9.30 Å². The number of aryl methyl sites for hydroxylation is 2. The highest BCUT2D eigenvalue weighted by molar-refractivity contribution is 7.98. The molecular formula is C24H34ClN3OS. The number of thioether (sulfide) groups is 1. The Bertz CT molecular complexity index is 797. The summed E-state index contributed by atoms with van der Waals surface area (Å²) in [7, 11) is 2.10. The van der Waals surface area contributed by atoms with Crippen LogP contribution >= 0.6 is 23.4 Å². The Morgan fingerprint density at radius 3 is 2.53 bits per heavy atom. The van der Waals surface area contributed by atoms with E-state index in [1.807, 2.05) is 23.9 Å². The van der Waals surface area contributed by atoms with E-state index >= 15 is 0 Å². The number of aromatic nitrogens is 2. The van der Waals surface area contributed by atoms with E-state index < -0.39 is 0 Å². The molecule has 0 N–H and O–H groups in total. The third kappa shape index (κ3) is 5.24. The zero-order chi connectivity index (χ0) is 21.1. The van der Waals surface area contributed by atoms with Gasteiger partial charge in [0.05, 0.1) is 18.4 Å². The second-order valence-electron chi connectivity index (χ2n) is 8.92.